The summed E-state index contributed by atoms with van der Waals surface area (Å²) in [5.41, 5.74) is 2.99. The first kappa shape index (κ1) is 13.9. The van der Waals surface area contributed by atoms with Crippen molar-refractivity contribution < 1.29 is 0 Å². The number of rotatable bonds is 3. The van der Waals surface area contributed by atoms with Crippen LogP contribution < -0.4 is 0 Å². The lowest BCUT2D eigenvalue weighted by molar-refractivity contribution is 0.237. The summed E-state index contributed by atoms with van der Waals surface area (Å²) in [5.74, 6) is 0. The van der Waals surface area contributed by atoms with Crippen LogP contribution in [0.3, 0.4) is 0 Å². The Labute approximate surface area is 126 Å². The van der Waals surface area contributed by atoms with Crippen LogP contribution in [-0.4, -0.2) is 18.0 Å². The lowest BCUT2D eigenvalue weighted by Crippen LogP contribution is -2.33. The average Bonchev–Trinajstić information content (AvgIpc) is 2.52. The molecular formula is C18H22ClN. The van der Waals surface area contributed by atoms with Gasteiger partial charge in [0, 0.05) is 18.1 Å². The Hall–Kier alpha value is -1.05. The van der Waals surface area contributed by atoms with Crippen LogP contribution >= 0.6 is 11.6 Å². The molecule has 0 fully saturated rings. The highest BCUT2D eigenvalue weighted by molar-refractivity contribution is 6.30. The molecule has 1 heterocycles. The van der Waals surface area contributed by atoms with Gasteiger partial charge in [-0.1, -0.05) is 47.5 Å². The van der Waals surface area contributed by atoms with E-state index in [4.69, 9.17) is 11.6 Å². The van der Waals surface area contributed by atoms with Gasteiger partial charge in [0.15, 0.2) is 0 Å². The van der Waals surface area contributed by atoms with Gasteiger partial charge in [-0.2, -0.15) is 0 Å². The summed E-state index contributed by atoms with van der Waals surface area (Å²) in [5, 5.41) is 0.823. The smallest absolute Gasteiger partial charge is 0.0564 e. The van der Waals surface area contributed by atoms with Gasteiger partial charge in [0.2, 0.25) is 0 Å². The molecule has 0 N–H and O–H groups in total. The van der Waals surface area contributed by atoms with E-state index in [1.54, 1.807) is 5.57 Å². The Morgan fingerprint density at radius 1 is 1.00 bits per heavy atom. The van der Waals surface area contributed by atoms with Crippen LogP contribution in [0.5, 0.6) is 0 Å². The third kappa shape index (κ3) is 3.16. The topological polar surface area (TPSA) is 3.24 Å². The van der Waals surface area contributed by atoms with E-state index in [0.717, 1.165) is 24.5 Å². The quantitative estimate of drug-likeness (QED) is 0.696. The van der Waals surface area contributed by atoms with Gasteiger partial charge >= 0.3 is 0 Å². The average molecular weight is 288 g/mol. The van der Waals surface area contributed by atoms with Crippen molar-refractivity contribution in [3.8, 4) is 0 Å². The van der Waals surface area contributed by atoms with E-state index < -0.39 is 0 Å². The maximum absolute atomic E-state index is 6.05. The van der Waals surface area contributed by atoms with Gasteiger partial charge in [-0.05, 0) is 49.8 Å². The Morgan fingerprint density at radius 3 is 2.50 bits per heavy atom. The molecule has 0 saturated heterocycles. The molecular weight excluding hydrogens is 266 g/mol. The Kier molecular flexibility index (Phi) is 4.59. The predicted molar refractivity (Wildman–Crippen MR) is 86.1 cm³/mol. The molecule has 0 spiro atoms. The Morgan fingerprint density at radius 2 is 1.85 bits per heavy atom. The largest absolute Gasteiger partial charge is 0.289 e. The van der Waals surface area contributed by atoms with Gasteiger partial charge in [0.25, 0.3) is 0 Å². The second-order valence-corrected chi connectivity index (χ2v) is 6.17. The minimum atomic E-state index is 0.442. The number of hydrogen-bond donors (Lipinski definition) is 0. The van der Waals surface area contributed by atoms with E-state index in [9.17, 15) is 0 Å². The van der Waals surface area contributed by atoms with Crippen molar-refractivity contribution in [2.45, 2.75) is 38.1 Å². The Bertz CT molecular complexity index is 501. The molecule has 3 rings (SSSR count). The lowest BCUT2D eigenvalue weighted by Gasteiger charge is -2.35. The highest BCUT2D eigenvalue weighted by Crippen LogP contribution is 2.35. The molecule has 2 heteroatoms. The first-order valence-corrected chi connectivity index (χ1v) is 8.06. The van der Waals surface area contributed by atoms with Crippen molar-refractivity contribution >= 4 is 11.6 Å². The zero-order valence-corrected chi connectivity index (χ0v) is 12.6. The van der Waals surface area contributed by atoms with Crippen LogP contribution in [0.25, 0.3) is 0 Å². The molecule has 20 heavy (non-hydrogen) atoms. The SMILES string of the molecule is Clc1ccc(C(C2=CCCCC2)N2CC=CCC2)cc1. The van der Waals surface area contributed by atoms with Crippen molar-refractivity contribution in [2.24, 2.45) is 0 Å². The molecule has 1 aliphatic heterocycles. The zero-order chi connectivity index (χ0) is 13.8. The molecule has 1 nitrogen and oxygen atoms in total. The Balaban J connectivity index is 1.91. The maximum Gasteiger partial charge on any atom is 0.0564 e. The highest BCUT2D eigenvalue weighted by Gasteiger charge is 2.24. The predicted octanol–water partition coefficient (Wildman–Crippen LogP) is 5.14. The van der Waals surface area contributed by atoms with Gasteiger partial charge in [0.05, 0.1) is 6.04 Å². The van der Waals surface area contributed by atoms with Crippen LogP contribution in [0.15, 0.2) is 48.1 Å². The molecule has 106 valence electrons. The number of halogens is 1. The molecule has 0 saturated carbocycles. The monoisotopic (exact) mass is 287 g/mol. The molecule has 1 aliphatic carbocycles. The third-order valence-electron chi connectivity index (χ3n) is 4.32. The first-order chi connectivity index (χ1) is 9.84. The number of nitrogens with zero attached hydrogens (tertiary/aromatic N) is 1. The molecule has 2 aliphatic rings. The standard InChI is InChI=1S/C18H22ClN/c19-17-11-9-16(10-12-17)18(15-7-3-1-4-8-15)20-13-5-2-6-14-20/h2,5,7,9-12,18H,1,3-4,6,8,13-14H2. The molecule has 0 amide bonds. The fourth-order valence-electron chi connectivity index (χ4n) is 3.31. The van der Waals surface area contributed by atoms with Gasteiger partial charge < -0.3 is 0 Å². The van der Waals surface area contributed by atoms with Crippen LogP contribution in [0.1, 0.15) is 43.7 Å². The molecule has 0 radical (unpaired) electrons. The molecule has 1 atom stereocenters. The maximum atomic E-state index is 6.05. The van der Waals surface area contributed by atoms with Crippen LogP contribution in [0.2, 0.25) is 5.02 Å². The van der Waals surface area contributed by atoms with Crippen molar-refractivity contribution in [3.63, 3.8) is 0 Å². The number of benzene rings is 1. The van der Waals surface area contributed by atoms with Crippen LogP contribution in [-0.2, 0) is 0 Å². The summed E-state index contributed by atoms with van der Waals surface area (Å²) >= 11 is 6.05. The third-order valence-corrected chi connectivity index (χ3v) is 4.57. The van der Waals surface area contributed by atoms with Gasteiger partial charge in [-0.25, -0.2) is 0 Å². The fraction of sp³-hybridized carbons (Fsp3) is 0.444. The first-order valence-electron chi connectivity index (χ1n) is 7.68. The number of allylic oxidation sites excluding steroid dienone is 1. The summed E-state index contributed by atoms with van der Waals surface area (Å²) in [4.78, 5) is 2.60. The molecule has 1 aromatic rings. The molecule has 0 aromatic heterocycles. The molecule has 0 bridgehead atoms. The van der Waals surface area contributed by atoms with E-state index in [1.807, 2.05) is 12.1 Å². The van der Waals surface area contributed by atoms with E-state index in [2.05, 4.69) is 35.3 Å². The molecule has 1 aromatic carbocycles. The van der Waals surface area contributed by atoms with Crippen molar-refractivity contribution in [3.05, 3.63) is 58.7 Å². The number of hydrogen-bond acceptors (Lipinski definition) is 1. The fourth-order valence-corrected chi connectivity index (χ4v) is 3.44. The second kappa shape index (κ2) is 6.60. The van der Waals surface area contributed by atoms with E-state index in [1.165, 1.54) is 31.2 Å². The van der Waals surface area contributed by atoms with Crippen LogP contribution in [0.4, 0.5) is 0 Å². The summed E-state index contributed by atoms with van der Waals surface area (Å²) in [6.07, 6.45) is 13.4. The summed E-state index contributed by atoms with van der Waals surface area (Å²) < 4.78 is 0. The highest BCUT2D eigenvalue weighted by atomic mass is 35.5. The van der Waals surface area contributed by atoms with Gasteiger partial charge in [-0.15, -0.1) is 0 Å². The zero-order valence-electron chi connectivity index (χ0n) is 11.9. The summed E-state index contributed by atoms with van der Waals surface area (Å²) in [7, 11) is 0. The minimum Gasteiger partial charge on any atom is -0.289 e. The normalized spacial score (nSPS) is 21.6. The summed E-state index contributed by atoms with van der Waals surface area (Å²) in [6, 6.07) is 8.87. The van der Waals surface area contributed by atoms with Gasteiger partial charge in [0.1, 0.15) is 0 Å². The molecule has 1 unspecified atom stereocenters. The van der Waals surface area contributed by atoms with Gasteiger partial charge in [-0.3, -0.25) is 4.90 Å². The summed E-state index contributed by atoms with van der Waals surface area (Å²) in [6.45, 7) is 2.21. The lowest BCUT2D eigenvalue weighted by atomic mass is 9.88. The van der Waals surface area contributed by atoms with Crippen LogP contribution in [0, 0.1) is 0 Å². The minimum absolute atomic E-state index is 0.442. The van der Waals surface area contributed by atoms with Crippen molar-refractivity contribution in [1.29, 1.82) is 0 Å². The van der Waals surface area contributed by atoms with E-state index >= 15 is 0 Å². The van der Waals surface area contributed by atoms with E-state index in [0.29, 0.717) is 6.04 Å². The van der Waals surface area contributed by atoms with Crippen molar-refractivity contribution in [1.82, 2.24) is 4.90 Å². The van der Waals surface area contributed by atoms with E-state index in [-0.39, 0.29) is 0 Å². The van der Waals surface area contributed by atoms with Crippen molar-refractivity contribution in [2.75, 3.05) is 13.1 Å². The second-order valence-electron chi connectivity index (χ2n) is 5.73.